The Kier molecular flexibility index (Phi) is 46.1. The number of rotatable bonds is 48. The topological polar surface area (TPSA) is 108 Å². The Bertz CT molecular complexity index is 1350. The van der Waals surface area contributed by atoms with Crippen LogP contribution in [-0.2, 0) is 18.4 Å². The van der Waals surface area contributed by atoms with Gasteiger partial charge < -0.3 is 28.8 Å². The minimum absolute atomic E-state index is 0.0113. The van der Waals surface area contributed by atoms with E-state index >= 15 is 0 Å². The van der Waals surface area contributed by atoms with E-state index in [1.54, 1.807) is 6.08 Å². The summed E-state index contributed by atoms with van der Waals surface area (Å²) in [7, 11) is 1.23. The van der Waals surface area contributed by atoms with Crippen LogP contribution < -0.4 is 10.2 Å². The summed E-state index contributed by atoms with van der Waals surface area (Å²) in [6.45, 7) is 4.47. The lowest BCUT2D eigenvalue weighted by molar-refractivity contribution is -0.870. The second-order valence-corrected chi connectivity index (χ2v) is 20.6. The van der Waals surface area contributed by atoms with Crippen molar-refractivity contribution in [3.63, 3.8) is 0 Å². The van der Waals surface area contributed by atoms with Crippen molar-refractivity contribution in [2.45, 2.75) is 231 Å². The van der Waals surface area contributed by atoms with Gasteiger partial charge in [0.2, 0.25) is 5.91 Å². The lowest BCUT2D eigenvalue weighted by atomic mass is 10.0. The minimum atomic E-state index is -4.61. The maximum atomic E-state index is 12.9. The molecule has 0 bridgehead atoms. The number of allylic oxidation sites excluding steroid dienone is 13. The number of phosphoric ester groups is 1. The molecule has 3 atom stereocenters. The maximum absolute atomic E-state index is 12.9. The van der Waals surface area contributed by atoms with E-state index in [0.717, 1.165) is 77.0 Å². The second kappa shape index (κ2) is 47.7. The van der Waals surface area contributed by atoms with E-state index in [1.165, 1.54) is 122 Å². The fourth-order valence-electron chi connectivity index (χ4n) is 7.35. The summed E-state index contributed by atoms with van der Waals surface area (Å²) in [5.74, 6) is -0.214. The SMILES string of the molecule is CC/C=C\C/C=C\C/C=C\C/C=C\CCCCCCCCCCCCCCCCCCCCC(=O)NC(COP(=O)([O-])OCC[N+](C)(C)C)C(O)/C=C/CC/C=C/CC/C=C/CCCCC. The summed E-state index contributed by atoms with van der Waals surface area (Å²) in [6.07, 6.45) is 66.7. The Morgan fingerprint density at radius 2 is 0.939 bits per heavy atom. The van der Waals surface area contributed by atoms with E-state index in [2.05, 4.69) is 92.1 Å². The van der Waals surface area contributed by atoms with Gasteiger partial charge in [-0.3, -0.25) is 9.36 Å². The van der Waals surface area contributed by atoms with Gasteiger partial charge in [-0.1, -0.05) is 214 Å². The number of nitrogens with one attached hydrogen (secondary N) is 1. The Balaban J connectivity index is 4.11. The van der Waals surface area contributed by atoms with Gasteiger partial charge in [0, 0.05) is 6.42 Å². The van der Waals surface area contributed by atoms with E-state index < -0.39 is 26.6 Å². The number of carbonyl (C=O) groups is 1. The molecule has 0 aliphatic rings. The highest BCUT2D eigenvalue weighted by Gasteiger charge is 2.23. The van der Waals surface area contributed by atoms with Gasteiger partial charge in [-0.15, -0.1) is 0 Å². The number of quaternary nitrogens is 1. The van der Waals surface area contributed by atoms with Gasteiger partial charge in [0.05, 0.1) is 39.9 Å². The highest BCUT2D eigenvalue weighted by molar-refractivity contribution is 7.45. The molecular weight excluding hydrogens is 840 g/mol. The van der Waals surface area contributed by atoms with E-state index in [9.17, 15) is 19.4 Å². The molecule has 0 aromatic carbocycles. The molecule has 3 unspecified atom stereocenters. The highest BCUT2D eigenvalue weighted by Crippen LogP contribution is 2.38. The monoisotopic (exact) mass is 943 g/mol. The summed E-state index contributed by atoms with van der Waals surface area (Å²) in [5.41, 5.74) is 0. The van der Waals surface area contributed by atoms with Gasteiger partial charge >= 0.3 is 0 Å². The molecule has 8 nitrogen and oxygen atoms in total. The Labute approximate surface area is 407 Å². The van der Waals surface area contributed by atoms with Gasteiger partial charge in [-0.25, -0.2) is 0 Å². The molecule has 0 aromatic rings. The number of nitrogens with zero attached hydrogens (tertiary/aromatic N) is 1. The number of hydrogen-bond acceptors (Lipinski definition) is 6. The van der Waals surface area contributed by atoms with Crippen molar-refractivity contribution in [1.82, 2.24) is 5.32 Å². The molecule has 9 heteroatoms. The molecule has 0 saturated heterocycles. The third-order valence-electron chi connectivity index (χ3n) is 11.6. The van der Waals surface area contributed by atoms with Crippen molar-refractivity contribution in [2.75, 3.05) is 40.9 Å². The molecule has 382 valence electrons. The van der Waals surface area contributed by atoms with Gasteiger partial charge in [0.1, 0.15) is 13.2 Å². The van der Waals surface area contributed by atoms with Crippen LogP contribution in [0, 0.1) is 0 Å². The smallest absolute Gasteiger partial charge is 0.268 e. The average Bonchev–Trinajstić information content (AvgIpc) is 3.28. The first-order valence-electron chi connectivity index (χ1n) is 26.9. The molecule has 0 radical (unpaired) electrons. The second-order valence-electron chi connectivity index (χ2n) is 19.2. The standard InChI is InChI=1S/C57H103N2O6P/c1-6-8-10-12-14-16-18-20-21-22-23-24-25-26-27-28-29-30-31-32-33-34-35-36-37-39-41-43-45-47-49-51-57(61)58-55(54-65-66(62,63)64-53-52-59(3,4)5)56(60)50-48-46-44-42-40-38-19-17-15-13-11-9-7-2/h8,10,14-17,20-21,23-24,40,42,48,50,55-56,60H,6-7,9,11-13,18-19,22,25-39,41,43-47,49,51-54H2,1-5H3,(H-,58,61,62,63)/b10-8-,16-14-,17-15+,21-20-,24-23-,42-40+,50-48+. The Hall–Kier alpha value is -2.32. The molecule has 0 heterocycles. The molecule has 0 saturated carbocycles. The Morgan fingerprint density at radius 1 is 0.545 bits per heavy atom. The average molecular weight is 943 g/mol. The zero-order valence-electron chi connectivity index (χ0n) is 43.4. The van der Waals surface area contributed by atoms with Crippen LogP contribution in [0.15, 0.2) is 85.1 Å². The third kappa shape index (κ3) is 49.6. The predicted octanol–water partition coefficient (Wildman–Crippen LogP) is 15.5. The number of carbonyl (C=O) groups excluding carboxylic acids is 1. The zero-order valence-corrected chi connectivity index (χ0v) is 44.3. The third-order valence-corrected chi connectivity index (χ3v) is 12.5. The summed E-state index contributed by atoms with van der Waals surface area (Å²) in [6, 6.07) is -0.911. The molecular formula is C57H103N2O6P. The molecule has 0 rings (SSSR count). The van der Waals surface area contributed by atoms with Crippen molar-refractivity contribution in [3.8, 4) is 0 Å². The van der Waals surface area contributed by atoms with E-state index in [4.69, 9.17) is 9.05 Å². The zero-order chi connectivity index (χ0) is 48.5. The van der Waals surface area contributed by atoms with Gasteiger partial charge in [0.15, 0.2) is 0 Å². The van der Waals surface area contributed by atoms with Crippen LogP contribution >= 0.6 is 7.82 Å². The first-order valence-corrected chi connectivity index (χ1v) is 28.4. The lowest BCUT2D eigenvalue weighted by Crippen LogP contribution is -2.45. The number of aliphatic hydroxyl groups is 1. The van der Waals surface area contributed by atoms with Crippen LogP contribution in [0.3, 0.4) is 0 Å². The van der Waals surface area contributed by atoms with Crippen molar-refractivity contribution in [3.05, 3.63) is 85.1 Å². The molecule has 2 N–H and O–H groups in total. The first kappa shape index (κ1) is 63.7. The van der Waals surface area contributed by atoms with Crippen LogP contribution in [0.5, 0.6) is 0 Å². The highest BCUT2D eigenvalue weighted by atomic mass is 31.2. The fourth-order valence-corrected chi connectivity index (χ4v) is 8.07. The van der Waals surface area contributed by atoms with Crippen LogP contribution in [0.1, 0.15) is 219 Å². The van der Waals surface area contributed by atoms with Crippen LogP contribution in [0.2, 0.25) is 0 Å². The van der Waals surface area contributed by atoms with E-state index in [0.29, 0.717) is 17.4 Å². The number of amides is 1. The quantitative estimate of drug-likeness (QED) is 0.0272. The largest absolute Gasteiger partial charge is 0.756 e. The number of hydrogen-bond donors (Lipinski definition) is 2. The van der Waals surface area contributed by atoms with Crippen molar-refractivity contribution >= 4 is 13.7 Å². The molecule has 0 aliphatic heterocycles. The summed E-state index contributed by atoms with van der Waals surface area (Å²) < 4.78 is 23.2. The summed E-state index contributed by atoms with van der Waals surface area (Å²) >= 11 is 0. The van der Waals surface area contributed by atoms with Crippen LogP contribution in [0.4, 0.5) is 0 Å². The number of aliphatic hydroxyl groups excluding tert-OH is 1. The van der Waals surface area contributed by atoms with E-state index in [-0.39, 0.29) is 12.5 Å². The fraction of sp³-hybridized carbons (Fsp3) is 0.737. The maximum Gasteiger partial charge on any atom is 0.268 e. The van der Waals surface area contributed by atoms with Gasteiger partial charge in [0.25, 0.3) is 7.82 Å². The van der Waals surface area contributed by atoms with Crippen LogP contribution in [-0.4, -0.2) is 68.5 Å². The van der Waals surface area contributed by atoms with Gasteiger partial charge in [-0.2, -0.15) is 0 Å². The van der Waals surface area contributed by atoms with Crippen molar-refractivity contribution in [2.24, 2.45) is 0 Å². The summed E-state index contributed by atoms with van der Waals surface area (Å²) in [4.78, 5) is 25.4. The number of phosphoric acid groups is 1. The molecule has 0 spiro atoms. The van der Waals surface area contributed by atoms with Crippen LogP contribution in [0.25, 0.3) is 0 Å². The summed E-state index contributed by atoms with van der Waals surface area (Å²) in [5, 5.41) is 13.8. The number of unbranched alkanes of at least 4 members (excludes halogenated alkanes) is 23. The molecule has 0 fully saturated rings. The lowest BCUT2D eigenvalue weighted by Gasteiger charge is -2.29. The number of likely N-dealkylation sites (N-methyl/N-ethyl adjacent to an activating group) is 1. The first-order chi connectivity index (χ1) is 32.0. The minimum Gasteiger partial charge on any atom is -0.756 e. The molecule has 0 aliphatic carbocycles. The molecule has 0 aromatic heterocycles. The van der Waals surface area contributed by atoms with Crippen molar-refractivity contribution in [1.29, 1.82) is 0 Å². The van der Waals surface area contributed by atoms with E-state index in [1.807, 2.05) is 27.2 Å². The van der Waals surface area contributed by atoms with Gasteiger partial charge in [-0.05, 0) is 83.5 Å². The molecule has 1 amide bonds. The normalized spacial score (nSPS) is 14.7. The molecule has 66 heavy (non-hydrogen) atoms. The predicted molar refractivity (Wildman–Crippen MR) is 283 cm³/mol. The Morgan fingerprint density at radius 3 is 1.41 bits per heavy atom. The van der Waals surface area contributed by atoms with Crippen molar-refractivity contribution < 1.29 is 32.9 Å².